The molecule has 0 amide bonds. The molecule has 108 valence electrons. The lowest BCUT2D eigenvalue weighted by Crippen LogP contribution is -2.22. The molecule has 2 N–H and O–H groups in total. The standard InChI is InChI=1S/C14H15N5OS/c1-18(2)8-16-19-7-10(20)12(13(19)15)14-17-9-5-3-4-6-11(9)21-14/h3-6,8,15,20H,7H2,1-2H3/b15-13?,16-8-. The van der Waals surface area contributed by atoms with Gasteiger partial charge < -0.3 is 10.0 Å². The van der Waals surface area contributed by atoms with Gasteiger partial charge in [0.1, 0.15) is 23.7 Å². The maximum Gasteiger partial charge on any atom is 0.155 e. The third-order valence-electron chi connectivity index (χ3n) is 3.01. The van der Waals surface area contributed by atoms with E-state index in [0.29, 0.717) is 10.6 Å². The monoisotopic (exact) mass is 301 g/mol. The van der Waals surface area contributed by atoms with Crippen LogP contribution in [0.4, 0.5) is 0 Å². The first-order chi connectivity index (χ1) is 10.1. The Kier molecular flexibility index (Phi) is 3.34. The van der Waals surface area contributed by atoms with Crippen LogP contribution in [0, 0.1) is 5.41 Å². The Labute approximate surface area is 126 Å². The Morgan fingerprint density at radius 3 is 2.90 bits per heavy atom. The number of aliphatic hydroxyl groups is 1. The first-order valence-corrected chi connectivity index (χ1v) is 7.23. The Morgan fingerprint density at radius 2 is 2.19 bits per heavy atom. The van der Waals surface area contributed by atoms with E-state index >= 15 is 0 Å². The summed E-state index contributed by atoms with van der Waals surface area (Å²) in [6.07, 6.45) is 1.60. The number of thiazole rings is 1. The molecule has 0 radical (unpaired) electrons. The summed E-state index contributed by atoms with van der Waals surface area (Å²) in [4.78, 5) is 6.27. The smallest absolute Gasteiger partial charge is 0.155 e. The minimum atomic E-state index is 0.134. The van der Waals surface area contributed by atoms with Gasteiger partial charge in [-0.2, -0.15) is 5.10 Å². The lowest BCUT2D eigenvalue weighted by Gasteiger charge is -2.12. The van der Waals surface area contributed by atoms with E-state index in [0.717, 1.165) is 10.2 Å². The van der Waals surface area contributed by atoms with Gasteiger partial charge in [0.15, 0.2) is 5.84 Å². The van der Waals surface area contributed by atoms with Gasteiger partial charge >= 0.3 is 0 Å². The highest BCUT2D eigenvalue weighted by molar-refractivity contribution is 7.19. The van der Waals surface area contributed by atoms with Crippen LogP contribution >= 0.6 is 11.3 Å². The normalized spacial score (nSPS) is 15.7. The number of aliphatic hydroxyl groups excluding tert-OH is 1. The van der Waals surface area contributed by atoms with Crippen molar-refractivity contribution < 1.29 is 5.11 Å². The minimum absolute atomic E-state index is 0.134. The molecule has 0 aliphatic carbocycles. The van der Waals surface area contributed by atoms with Crippen LogP contribution < -0.4 is 0 Å². The lowest BCUT2D eigenvalue weighted by atomic mass is 10.2. The quantitative estimate of drug-likeness (QED) is 0.674. The van der Waals surface area contributed by atoms with Crippen molar-refractivity contribution in [3.8, 4) is 0 Å². The predicted octanol–water partition coefficient (Wildman–Crippen LogP) is 2.36. The number of hydrazone groups is 1. The van der Waals surface area contributed by atoms with Crippen LogP contribution in [0.1, 0.15) is 5.01 Å². The number of rotatable bonds is 3. The molecule has 0 unspecified atom stereocenters. The number of nitrogens with one attached hydrogen (secondary N) is 1. The Hall–Kier alpha value is -2.41. The van der Waals surface area contributed by atoms with Gasteiger partial charge in [-0.3, -0.25) is 5.41 Å². The van der Waals surface area contributed by atoms with E-state index in [1.165, 1.54) is 16.3 Å². The van der Waals surface area contributed by atoms with E-state index in [4.69, 9.17) is 5.41 Å². The average Bonchev–Trinajstić information content (AvgIpc) is 2.97. The molecule has 0 fully saturated rings. The Balaban J connectivity index is 1.94. The summed E-state index contributed by atoms with van der Waals surface area (Å²) in [5, 5.41) is 24.6. The highest BCUT2D eigenvalue weighted by Gasteiger charge is 2.30. The first-order valence-electron chi connectivity index (χ1n) is 6.41. The van der Waals surface area contributed by atoms with Gasteiger partial charge in [0.05, 0.1) is 15.8 Å². The fourth-order valence-corrected chi connectivity index (χ4v) is 3.07. The number of aromatic nitrogens is 1. The van der Waals surface area contributed by atoms with Crippen molar-refractivity contribution in [1.82, 2.24) is 14.9 Å². The van der Waals surface area contributed by atoms with E-state index < -0.39 is 0 Å². The van der Waals surface area contributed by atoms with Crippen molar-refractivity contribution in [3.05, 3.63) is 35.0 Å². The molecule has 2 aromatic rings. The summed E-state index contributed by atoms with van der Waals surface area (Å²) < 4.78 is 1.04. The summed E-state index contributed by atoms with van der Waals surface area (Å²) in [5.74, 6) is 0.305. The molecule has 0 spiro atoms. The predicted molar refractivity (Wildman–Crippen MR) is 85.8 cm³/mol. The van der Waals surface area contributed by atoms with Crippen LogP contribution in [-0.4, -0.2) is 52.8 Å². The fourth-order valence-electron chi connectivity index (χ4n) is 2.03. The van der Waals surface area contributed by atoms with E-state index in [1.54, 1.807) is 11.2 Å². The maximum absolute atomic E-state index is 10.1. The van der Waals surface area contributed by atoms with Gasteiger partial charge in [0.25, 0.3) is 0 Å². The summed E-state index contributed by atoms with van der Waals surface area (Å²) >= 11 is 1.47. The summed E-state index contributed by atoms with van der Waals surface area (Å²) in [7, 11) is 3.70. The number of hydrogen-bond donors (Lipinski definition) is 2. The third-order valence-corrected chi connectivity index (χ3v) is 4.07. The van der Waals surface area contributed by atoms with Crippen molar-refractivity contribution in [2.45, 2.75) is 0 Å². The van der Waals surface area contributed by atoms with Gasteiger partial charge in [0.2, 0.25) is 0 Å². The van der Waals surface area contributed by atoms with Gasteiger partial charge in [-0.15, -0.1) is 11.3 Å². The molecular weight excluding hydrogens is 286 g/mol. The minimum Gasteiger partial charge on any atom is -0.509 e. The molecule has 3 rings (SSSR count). The topological polar surface area (TPSA) is 75.8 Å². The van der Waals surface area contributed by atoms with Gasteiger partial charge in [-0.05, 0) is 12.1 Å². The van der Waals surface area contributed by atoms with E-state index in [-0.39, 0.29) is 18.1 Å². The van der Waals surface area contributed by atoms with Crippen molar-refractivity contribution in [3.63, 3.8) is 0 Å². The molecule has 1 aromatic heterocycles. The molecule has 2 heterocycles. The Bertz CT molecular complexity index is 729. The Morgan fingerprint density at radius 1 is 1.43 bits per heavy atom. The van der Waals surface area contributed by atoms with Gasteiger partial charge in [0, 0.05) is 14.1 Å². The molecular formula is C14H15N5OS. The van der Waals surface area contributed by atoms with Crippen molar-refractivity contribution >= 4 is 39.3 Å². The zero-order chi connectivity index (χ0) is 15.0. The molecule has 1 aliphatic heterocycles. The van der Waals surface area contributed by atoms with Crippen LogP contribution in [-0.2, 0) is 0 Å². The fraction of sp³-hybridized carbons (Fsp3) is 0.214. The SMILES string of the molecule is CN(C)/C=N\N1CC(O)=C(c2nc3ccccc3s2)C1=N. The molecule has 0 bridgehead atoms. The molecule has 0 saturated carbocycles. The summed E-state index contributed by atoms with van der Waals surface area (Å²) in [6, 6.07) is 7.78. The number of fused-ring (bicyclic) bond motifs is 1. The molecule has 0 saturated heterocycles. The van der Waals surface area contributed by atoms with Crippen LogP contribution in [0.25, 0.3) is 15.8 Å². The highest BCUT2D eigenvalue weighted by Crippen LogP contribution is 2.32. The number of amidine groups is 1. The van der Waals surface area contributed by atoms with Crippen LogP contribution in [0.2, 0.25) is 0 Å². The highest BCUT2D eigenvalue weighted by atomic mass is 32.1. The van der Waals surface area contributed by atoms with Crippen LogP contribution in [0.15, 0.2) is 35.1 Å². The first kappa shape index (κ1) is 13.6. The zero-order valence-corrected chi connectivity index (χ0v) is 12.6. The number of hydrogen-bond acceptors (Lipinski definition) is 5. The number of nitrogens with zero attached hydrogens (tertiary/aromatic N) is 4. The molecule has 1 aliphatic rings. The van der Waals surface area contributed by atoms with Gasteiger partial charge in [-0.1, -0.05) is 12.1 Å². The molecule has 21 heavy (non-hydrogen) atoms. The molecule has 1 aromatic carbocycles. The maximum atomic E-state index is 10.1. The number of para-hydroxylation sites is 1. The van der Waals surface area contributed by atoms with Crippen LogP contribution in [0.5, 0.6) is 0 Å². The van der Waals surface area contributed by atoms with E-state index in [2.05, 4.69) is 10.1 Å². The van der Waals surface area contributed by atoms with Crippen molar-refractivity contribution in [1.29, 1.82) is 5.41 Å². The molecule has 6 nitrogen and oxygen atoms in total. The average molecular weight is 301 g/mol. The van der Waals surface area contributed by atoms with Gasteiger partial charge in [-0.25, -0.2) is 9.99 Å². The zero-order valence-electron chi connectivity index (χ0n) is 11.7. The lowest BCUT2D eigenvalue weighted by molar-refractivity contribution is 0.356. The van der Waals surface area contributed by atoms with Crippen molar-refractivity contribution in [2.75, 3.05) is 20.6 Å². The van der Waals surface area contributed by atoms with E-state index in [9.17, 15) is 5.11 Å². The number of benzene rings is 1. The second-order valence-corrected chi connectivity index (χ2v) is 5.94. The largest absolute Gasteiger partial charge is 0.509 e. The second-order valence-electron chi connectivity index (χ2n) is 4.91. The summed E-state index contributed by atoms with van der Waals surface area (Å²) in [6.45, 7) is 0.203. The van der Waals surface area contributed by atoms with Crippen LogP contribution in [0.3, 0.4) is 0 Å². The van der Waals surface area contributed by atoms with E-state index in [1.807, 2.05) is 38.4 Å². The molecule has 0 atom stereocenters. The second kappa shape index (κ2) is 5.17. The molecule has 7 heteroatoms. The third kappa shape index (κ3) is 2.47. The summed E-state index contributed by atoms with van der Waals surface area (Å²) in [5.41, 5.74) is 1.34. The van der Waals surface area contributed by atoms with Crippen molar-refractivity contribution in [2.24, 2.45) is 5.10 Å².